The second-order valence-corrected chi connectivity index (χ2v) is 5.76. The molecule has 1 heterocycles. The smallest absolute Gasteiger partial charge is 0.268 e. The van der Waals surface area contributed by atoms with Gasteiger partial charge in [-0.2, -0.15) is 0 Å². The predicted molar refractivity (Wildman–Crippen MR) is 68.5 cm³/mol. The van der Waals surface area contributed by atoms with E-state index in [2.05, 4.69) is 4.98 Å². The molecule has 0 atom stereocenters. The third-order valence-corrected chi connectivity index (χ3v) is 4.14. The van der Waals surface area contributed by atoms with Gasteiger partial charge in [0.05, 0.1) is 10.6 Å². The first-order valence-corrected chi connectivity index (χ1v) is 6.82. The molecule has 0 spiro atoms. The molecule has 0 aliphatic rings. The van der Waals surface area contributed by atoms with E-state index in [9.17, 15) is 8.42 Å². The van der Waals surface area contributed by atoms with E-state index in [1.165, 1.54) is 18.7 Å². The third kappa shape index (κ3) is 2.33. The standard InChI is InChI=1S/C12H13N3O2S/c1-10-2-4-12(5-3-10)18(16,17)15-8-11(6-7-13)14-9-15/h2-5,7-9,13H,6H2,1H3. The zero-order valence-electron chi connectivity index (χ0n) is 9.87. The molecule has 5 nitrogen and oxygen atoms in total. The van der Waals surface area contributed by atoms with Crippen molar-refractivity contribution in [3.05, 3.63) is 48.0 Å². The summed E-state index contributed by atoms with van der Waals surface area (Å²) in [7, 11) is -3.57. The number of hydrogen-bond donors (Lipinski definition) is 1. The molecular formula is C12H13N3O2S. The Morgan fingerprint density at radius 2 is 2.00 bits per heavy atom. The van der Waals surface area contributed by atoms with Crippen molar-refractivity contribution in [3.63, 3.8) is 0 Å². The van der Waals surface area contributed by atoms with Gasteiger partial charge in [-0.1, -0.05) is 17.7 Å². The molecule has 0 bridgehead atoms. The van der Waals surface area contributed by atoms with E-state index in [0.29, 0.717) is 12.1 Å². The predicted octanol–water partition coefficient (Wildman–Crippen LogP) is 1.62. The van der Waals surface area contributed by atoms with Gasteiger partial charge in [0.2, 0.25) is 0 Å². The molecule has 0 saturated carbocycles. The van der Waals surface area contributed by atoms with Crippen LogP contribution in [-0.4, -0.2) is 23.6 Å². The van der Waals surface area contributed by atoms with E-state index in [-0.39, 0.29) is 4.90 Å². The van der Waals surface area contributed by atoms with Crippen molar-refractivity contribution in [2.24, 2.45) is 0 Å². The van der Waals surface area contributed by atoms with Crippen molar-refractivity contribution in [1.29, 1.82) is 5.41 Å². The Bertz CT molecular complexity index is 657. The Hall–Kier alpha value is -1.95. The first-order valence-electron chi connectivity index (χ1n) is 5.38. The van der Waals surface area contributed by atoms with Gasteiger partial charge in [-0.25, -0.2) is 17.4 Å². The largest absolute Gasteiger partial charge is 0.313 e. The van der Waals surface area contributed by atoms with Crippen molar-refractivity contribution < 1.29 is 8.42 Å². The van der Waals surface area contributed by atoms with Crippen LogP contribution in [0.4, 0.5) is 0 Å². The van der Waals surface area contributed by atoms with E-state index in [1.807, 2.05) is 6.92 Å². The van der Waals surface area contributed by atoms with Gasteiger partial charge < -0.3 is 5.41 Å². The number of benzene rings is 1. The minimum atomic E-state index is -3.57. The van der Waals surface area contributed by atoms with Gasteiger partial charge in [-0.3, -0.25) is 0 Å². The second kappa shape index (κ2) is 4.73. The maximum absolute atomic E-state index is 12.2. The van der Waals surface area contributed by atoms with Gasteiger partial charge in [-0.05, 0) is 19.1 Å². The van der Waals surface area contributed by atoms with Crippen LogP contribution >= 0.6 is 0 Å². The Kier molecular flexibility index (Phi) is 3.29. The minimum absolute atomic E-state index is 0.229. The van der Waals surface area contributed by atoms with Crippen LogP contribution in [0.3, 0.4) is 0 Å². The highest BCUT2D eigenvalue weighted by molar-refractivity contribution is 7.90. The average molecular weight is 263 g/mol. The average Bonchev–Trinajstić information content (AvgIpc) is 2.79. The van der Waals surface area contributed by atoms with Crippen LogP contribution in [0.5, 0.6) is 0 Å². The highest BCUT2D eigenvalue weighted by Crippen LogP contribution is 2.14. The van der Waals surface area contributed by atoms with Crippen LogP contribution < -0.4 is 0 Å². The van der Waals surface area contributed by atoms with Gasteiger partial charge in [0, 0.05) is 18.8 Å². The minimum Gasteiger partial charge on any atom is -0.313 e. The quantitative estimate of drug-likeness (QED) is 0.852. The summed E-state index contributed by atoms with van der Waals surface area (Å²) in [5.41, 5.74) is 1.56. The van der Waals surface area contributed by atoms with Gasteiger partial charge in [0.15, 0.2) is 0 Å². The van der Waals surface area contributed by atoms with E-state index >= 15 is 0 Å². The number of hydrogen-bond acceptors (Lipinski definition) is 4. The van der Waals surface area contributed by atoms with Crippen LogP contribution in [0.2, 0.25) is 0 Å². The molecule has 0 unspecified atom stereocenters. The van der Waals surface area contributed by atoms with Crippen LogP contribution in [0.1, 0.15) is 11.3 Å². The molecule has 1 N–H and O–H groups in total. The molecule has 1 aromatic heterocycles. The number of imidazole rings is 1. The topological polar surface area (TPSA) is 75.8 Å². The number of aryl methyl sites for hydroxylation is 1. The van der Waals surface area contributed by atoms with Crippen LogP contribution in [-0.2, 0) is 16.4 Å². The van der Waals surface area contributed by atoms with Crippen molar-refractivity contribution in [2.45, 2.75) is 18.2 Å². The fourth-order valence-electron chi connectivity index (χ4n) is 1.52. The maximum atomic E-state index is 12.2. The summed E-state index contributed by atoms with van der Waals surface area (Å²) >= 11 is 0. The van der Waals surface area contributed by atoms with Crippen LogP contribution in [0.25, 0.3) is 0 Å². The van der Waals surface area contributed by atoms with Gasteiger partial charge >= 0.3 is 0 Å². The maximum Gasteiger partial charge on any atom is 0.268 e. The molecule has 0 radical (unpaired) electrons. The molecule has 2 aromatic rings. The molecule has 0 aliphatic carbocycles. The Morgan fingerprint density at radius 3 is 2.61 bits per heavy atom. The van der Waals surface area contributed by atoms with Gasteiger partial charge in [0.1, 0.15) is 6.33 Å². The summed E-state index contributed by atoms with van der Waals surface area (Å²) in [5.74, 6) is 0. The highest BCUT2D eigenvalue weighted by atomic mass is 32.2. The number of aromatic nitrogens is 2. The molecule has 0 saturated heterocycles. The molecule has 1 aromatic carbocycles. The zero-order chi connectivity index (χ0) is 13.2. The first-order chi connectivity index (χ1) is 8.54. The molecule has 94 valence electrons. The molecular weight excluding hydrogens is 250 g/mol. The molecule has 2 rings (SSSR count). The van der Waals surface area contributed by atoms with Crippen LogP contribution in [0.15, 0.2) is 41.7 Å². The number of rotatable bonds is 4. The van der Waals surface area contributed by atoms with Crippen molar-refractivity contribution in [3.8, 4) is 0 Å². The normalized spacial score (nSPS) is 11.4. The number of nitrogens with zero attached hydrogens (tertiary/aromatic N) is 2. The van der Waals surface area contributed by atoms with Crippen LogP contribution in [0, 0.1) is 12.3 Å². The Balaban J connectivity index is 2.41. The lowest BCUT2D eigenvalue weighted by molar-refractivity contribution is 0.587. The zero-order valence-corrected chi connectivity index (χ0v) is 10.7. The van der Waals surface area contributed by atoms with Gasteiger partial charge in [-0.15, -0.1) is 0 Å². The lowest BCUT2D eigenvalue weighted by atomic mass is 10.2. The monoisotopic (exact) mass is 263 g/mol. The molecule has 0 fully saturated rings. The summed E-state index contributed by atoms with van der Waals surface area (Å²) in [6, 6.07) is 6.65. The summed E-state index contributed by atoms with van der Waals surface area (Å²) in [6.07, 6.45) is 4.20. The van der Waals surface area contributed by atoms with E-state index in [0.717, 1.165) is 9.54 Å². The van der Waals surface area contributed by atoms with E-state index in [4.69, 9.17) is 5.41 Å². The van der Waals surface area contributed by atoms with Crippen molar-refractivity contribution in [1.82, 2.24) is 8.96 Å². The molecule has 18 heavy (non-hydrogen) atoms. The summed E-state index contributed by atoms with van der Waals surface area (Å²) < 4.78 is 25.5. The fourth-order valence-corrected chi connectivity index (χ4v) is 2.67. The first kappa shape index (κ1) is 12.5. The SMILES string of the molecule is Cc1ccc(S(=O)(=O)n2cnc(CC=N)c2)cc1. The second-order valence-electron chi connectivity index (χ2n) is 3.92. The summed E-state index contributed by atoms with van der Waals surface area (Å²) in [6.45, 7) is 1.90. The Labute approximate surface area is 106 Å². The summed E-state index contributed by atoms with van der Waals surface area (Å²) in [4.78, 5) is 4.18. The van der Waals surface area contributed by atoms with E-state index < -0.39 is 10.0 Å². The lowest BCUT2D eigenvalue weighted by Crippen LogP contribution is -2.10. The lowest BCUT2D eigenvalue weighted by Gasteiger charge is -2.04. The molecule has 0 amide bonds. The van der Waals surface area contributed by atoms with Gasteiger partial charge in [0.25, 0.3) is 10.0 Å². The number of nitrogens with one attached hydrogen (secondary N) is 1. The summed E-state index contributed by atoms with van der Waals surface area (Å²) in [5, 5.41) is 6.97. The van der Waals surface area contributed by atoms with Crippen molar-refractivity contribution >= 4 is 16.2 Å². The molecule has 6 heteroatoms. The fraction of sp³-hybridized carbons (Fsp3) is 0.167. The highest BCUT2D eigenvalue weighted by Gasteiger charge is 2.16. The third-order valence-electron chi connectivity index (χ3n) is 2.52. The Morgan fingerprint density at radius 1 is 1.33 bits per heavy atom. The van der Waals surface area contributed by atoms with Crippen molar-refractivity contribution in [2.75, 3.05) is 0 Å². The molecule has 0 aliphatic heterocycles. The van der Waals surface area contributed by atoms with E-state index in [1.54, 1.807) is 24.3 Å².